The number of carbonyl (C=O) groups excluding carboxylic acids is 1. The summed E-state index contributed by atoms with van der Waals surface area (Å²) in [7, 11) is 0. The smallest absolute Gasteiger partial charge is 0.244 e. The Kier molecular flexibility index (Phi) is 3.67. The van der Waals surface area contributed by atoms with Crippen LogP contribution in [0.3, 0.4) is 0 Å². The molecule has 1 rings (SSSR count). The topological polar surface area (TPSA) is 29.1 Å². The lowest BCUT2D eigenvalue weighted by Gasteiger charge is -2.18. The second-order valence-electron chi connectivity index (χ2n) is 4.48. The van der Waals surface area contributed by atoms with Gasteiger partial charge in [-0.2, -0.15) is 0 Å². The molecule has 2 heteroatoms. The summed E-state index contributed by atoms with van der Waals surface area (Å²) in [5.74, 6) is -0.0636. The molecule has 0 saturated heterocycles. The van der Waals surface area contributed by atoms with Crippen molar-refractivity contribution in [3.8, 4) is 0 Å². The lowest BCUT2D eigenvalue weighted by atomic mass is 10.1. The molecule has 80 valence electrons. The Hall–Kier alpha value is -1.57. The number of benzene rings is 1. The van der Waals surface area contributed by atoms with E-state index in [1.54, 1.807) is 12.2 Å². The van der Waals surface area contributed by atoms with Crippen molar-refractivity contribution in [2.45, 2.75) is 26.3 Å². The molecule has 1 aromatic rings. The molecule has 1 N–H and O–H groups in total. The number of rotatable bonds is 2. The van der Waals surface area contributed by atoms with Crippen LogP contribution in [0.4, 0.5) is 0 Å². The van der Waals surface area contributed by atoms with Crippen molar-refractivity contribution in [3.05, 3.63) is 42.0 Å². The molecule has 15 heavy (non-hydrogen) atoms. The summed E-state index contributed by atoms with van der Waals surface area (Å²) in [6.07, 6.45) is 3.36. The number of hydrogen-bond donors (Lipinski definition) is 1. The highest BCUT2D eigenvalue weighted by atomic mass is 16.1. The number of hydrogen-bond acceptors (Lipinski definition) is 1. The summed E-state index contributed by atoms with van der Waals surface area (Å²) in [6.45, 7) is 5.88. The average molecular weight is 203 g/mol. The van der Waals surface area contributed by atoms with Crippen LogP contribution in [0.25, 0.3) is 6.08 Å². The Balaban J connectivity index is 2.56. The van der Waals surface area contributed by atoms with Crippen LogP contribution in [0.5, 0.6) is 0 Å². The second kappa shape index (κ2) is 4.78. The predicted octanol–water partition coefficient (Wildman–Crippen LogP) is 2.61. The van der Waals surface area contributed by atoms with Crippen molar-refractivity contribution < 1.29 is 4.79 Å². The van der Waals surface area contributed by atoms with Crippen LogP contribution >= 0.6 is 0 Å². The molecule has 0 unspecified atom stereocenters. The Morgan fingerprint density at radius 1 is 1.20 bits per heavy atom. The van der Waals surface area contributed by atoms with Gasteiger partial charge in [0.25, 0.3) is 0 Å². The molecule has 0 atom stereocenters. The summed E-state index contributed by atoms with van der Waals surface area (Å²) in [5.41, 5.74) is 0.847. The van der Waals surface area contributed by atoms with E-state index in [4.69, 9.17) is 0 Å². The molecular weight excluding hydrogens is 186 g/mol. The van der Waals surface area contributed by atoms with Gasteiger partial charge in [-0.15, -0.1) is 0 Å². The Labute approximate surface area is 91.0 Å². The minimum absolute atomic E-state index is 0.0636. The third kappa shape index (κ3) is 5.01. The maximum Gasteiger partial charge on any atom is 0.244 e. The molecule has 0 saturated carbocycles. The monoisotopic (exact) mass is 203 g/mol. The Morgan fingerprint density at radius 3 is 2.33 bits per heavy atom. The highest BCUT2D eigenvalue weighted by molar-refractivity contribution is 5.92. The minimum atomic E-state index is -0.182. The zero-order valence-electron chi connectivity index (χ0n) is 9.45. The van der Waals surface area contributed by atoms with Crippen LogP contribution < -0.4 is 5.32 Å². The van der Waals surface area contributed by atoms with Gasteiger partial charge in [0.1, 0.15) is 0 Å². The van der Waals surface area contributed by atoms with Crippen LogP contribution in [0.2, 0.25) is 0 Å². The highest BCUT2D eigenvalue weighted by Gasteiger charge is 2.10. The van der Waals surface area contributed by atoms with Crippen molar-refractivity contribution in [2.75, 3.05) is 0 Å². The summed E-state index contributed by atoms with van der Waals surface area (Å²) in [4.78, 5) is 11.4. The highest BCUT2D eigenvalue weighted by Crippen LogP contribution is 2.02. The van der Waals surface area contributed by atoms with Gasteiger partial charge in [-0.1, -0.05) is 30.3 Å². The standard InChI is InChI=1S/C13H17NO/c1-13(2,3)14-12(15)10-9-11-7-5-4-6-8-11/h4-10H,1-3H3,(H,14,15)/b10-9-. The molecule has 0 aromatic heterocycles. The molecular formula is C13H17NO. The third-order valence-electron chi connectivity index (χ3n) is 1.72. The molecule has 0 bridgehead atoms. The molecule has 2 nitrogen and oxygen atoms in total. The van der Waals surface area contributed by atoms with Gasteiger partial charge in [0.2, 0.25) is 5.91 Å². The maximum absolute atomic E-state index is 11.4. The number of amides is 1. The van der Waals surface area contributed by atoms with E-state index in [0.29, 0.717) is 0 Å². The maximum atomic E-state index is 11.4. The molecule has 0 aliphatic carbocycles. The van der Waals surface area contributed by atoms with E-state index in [0.717, 1.165) is 5.56 Å². The van der Waals surface area contributed by atoms with E-state index in [9.17, 15) is 4.79 Å². The van der Waals surface area contributed by atoms with Gasteiger partial charge < -0.3 is 5.32 Å². The van der Waals surface area contributed by atoms with Crippen molar-refractivity contribution in [1.29, 1.82) is 0 Å². The third-order valence-corrected chi connectivity index (χ3v) is 1.72. The number of nitrogens with one attached hydrogen (secondary N) is 1. The summed E-state index contributed by atoms with van der Waals surface area (Å²) in [5, 5.41) is 2.86. The first kappa shape index (κ1) is 11.5. The van der Waals surface area contributed by atoms with Crippen LogP contribution in [-0.2, 0) is 4.79 Å². The Bertz CT molecular complexity index is 347. The van der Waals surface area contributed by atoms with E-state index in [2.05, 4.69) is 5.32 Å². The van der Waals surface area contributed by atoms with Crippen LogP contribution in [0.1, 0.15) is 26.3 Å². The van der Waals surface area contributed by atoms with Gasteiger partial charge in [0, 0.05) is 11.6 Å². The van der Waals surface area contributed by atoms with E-state index in [1.807, 2.05) is 51.1 Å². The van der Waals surface area contributed by atoms with Crippen LogP contribution in [0, 0.1) is 0 Å². The largest absolute Gasteiger partial charge is 0.348 e. The van der Waals surface area contributed by atoms with Gasteiger partial charge in [0.05, 0.1) is 0 Å². The van der Waals surface area contributed by atoms with Gasteiger partial charge in [-0.05, 0) is 32.4 Å². The van der Waals surface area contributed by atoms with E-state index >= 15 is 0 Å². The second-order valence-corrected chi connectivity index (χ2v) is 4.48. The molecule has 0 aliphatic rings. The van der Waals surface area contributed by atoms with Crippen molar-refractivity contribution in [1.82, 2.24) is 5.32 Å². The molecule has 1 amide bonds. The predicted molar refractivity (Wildman–Crippen MR) is 63.4 cm³/mol. The fourth-order valence-corrected chi connectivity index (χ4v) is 1.15. The van der Waals surface area contributed by atoms with E-state index in [-0.39, 0.29) is 11.4 Å². The normalized spacial score (nSPS) is 11.7. The van der Waals surface area contributed by atoms with Gasteiger partial charge in [0.15, 0.2) is 0 Å². The zero-order valence-corrected chi connectivity index (χ0v) is 9.45. The van der Waals surface area contributed by atoms with Crippen molar-refractivity contribution in [2.24, 2.45) is 0 Å². The molecule has 1 aromatic carbocycles. The molecule has 0 heterocycles. The van der Waals surface area contributed by atoms with Crippen molar-refractivity contribution in [3.63, 3.8) is 0 Å². The summed E-state index contributed by atoms with van der Waals surface area (Å²) >= 11 is 0. The summed E-state index contributed by atoms with van der Waals surface area (Å²) in [6, 6.07) is 9.76. The van der Waals surface area contributed by atoms with Crippen LogP contribution in [0.15, 0.2) is 36.4 Å². The molecule has 0 spiro atoms. The first-order chi connectivity index (χ1) is 6.97. The number of carbonyl (C=O) groups is 1. The first-order valence-electron chi connectivity index (χ1n) is 5.03. The van der Waals surface area contributed by atoms with E-state index < -0.39 is 0 Å². The quantitative estimate of drug-likeness (QED) is 0.735. The fourth-order valence-electron chi connectivity index (χ4n) is 1.15. The van der Waals surface area contributed by atoms with E-state index in [1.165, 1.54) is 0 Å². The Morgan fingerprint density at radius 2 is 1.80 bits per heavy atom. The fraction of sp³-hybridized carbons (Fsp3) is 0.308. The van der Waals surface area contributed by atoms with Crippen molar-refractivity contribution >= 4 is 12.0 Å². The molecule has 0 radical (unpaired) electrons. The SMILES string of the molecule is CC(C)(C)NC(=O)/C=C\c1ccccc1. The van der Waals surface area contributed by atoms with Gasteiger partial charge >= 0.3 is 0 Å². The molecule has 0 aliphatic heterocycles. The minimum Gasteiger partial charge on any atom is -0.348 e. The zero-order chi connectivity index (χ0) is 11.3. The van der Waals surface area contributed by atoms with Gasteiger partial charge in [-0.3, -0.25) is 4.79 Å². The van der Waals surface area contributed by atoms with Gasteiger partial charge in [-0.25, -0.2) is 0 Å². The lowest BCUT2D eigenvalue weighted by Crippen LogP contribution is -2.39. The molecule has 0 fully saturated rings. The average Bonchev–Trinajstić information content (AvgIpc) is 2.14. The van der Waals surface area contributed by atoms with Crippen LogP contribution in [-0.4, -0.2) is 11.4 Å². The first-order valence-corrected chi connectivity index (χ1v) is 5.03. The lowest BCUT2D eigenvalue weighted by molar-refractivity contribution is -0.117. The summed E-state index contributed by atoms with van der Waals surface area (Å²) < 4.78 is 0.